The van der Waals surface area contributed by atoms with Crippen LogP contribution in [0.2, 0.25) is 0 Å². The van der Waals surface area contributed by atoms with Crippen molar-refractivity contribution in [3.63, 3.8) is 0 Å². The molecule has 1 spiro atoms. The lowest BCUT2D eigenvalue weighted by atomic mass is 9.73. The number of carbonyl (C=O) groups excluding carboxylic acids is 2. The van der Waals surface area contributed by atoms with Crippen LogP contribution in [0.25, 0.3) is 0 Å². The molecule has 0 aliphatic carbocycles. The van der Waals surface area contributed by atoms with E-state index < -0.39 is 0 Å². The molecule has 150 valence electrons. The summed E-state index contributed by atoms with van der Waals surface area (Å²) in [5, 5.41) is 4.17. The van der Waals surface area contributed by atoms with Crippen molar-refractivity contribution in [1.82, 2.24) is 24.5 Å². The number of hydrogen-bond donors (Lipinski definition) is 0. The highest BCUT2D eigenvalue weighted by Crippen LogP contribution is 2.39. The van der Waals surface area contributed by atoms with Gasteiger partial charge >= 0.3 is 0 Å². The Kier molecular flexibility index (Phi) is 6.19. The molecule has 0 saturated carbocycles. The fraction of sp³-hybridized carbons (Fsp3) is 0.750. The van der Waals surface area contributed by atoms with Crippen LogP contribution in [0.4, 0.5) is 0 Å². The first-order chi connectivity index (χ1) is 12.9. The van der Waals surface area contributed by atoms with Crippen molar-refractivity contribution in [2.75, 3.05) is 46.8 Å². The minimum atomic E-state index is 0.0857. The van der Waals surface area contributed by atoms with E-state index in [0.717, 1.165) is 64.0 Å². The molecule has 2 aliphatic rings. The summed E-state index contributed by atoms with van der Waals surface area (Å²) < 4.78 is 1.77. The van der Waals surface area contributed by atoms with Crippen LogP contribution in [0, 0.1) is 5.41 Å². The summed E-state index contributed by atoms with van der Waals surface area (Å²) in [7, 11) is 5.97. The molecule has 2 amide bonds. The van der Waals surface area contributed by atoms with Crippen molar-refractivity contribution in [2.45, 2.75) is 38.5 Å². The molecule has 7 nitrogen and oxygen atoms in total. The standard InChI is InChI=1S/C20H33N5O2/c1-22(2)11-12-25-16-20(9-7-19(25)27)8-4-10-24(15-20)18(26)6-5-17-13-21-23(3)14-17/h13-14H,4-12,15-16H2,1-3H3/t20-/m1/s1. The summed E-state index contributed by atoms with van der Waals surface area (Å²) >= 11 is 0. The van der Waals surface area contributed by atoms with Gasteiger partial charge in [0.05, 0.1) is 6.20 Å². The van der Waals surface area contributed by atoms with Gasteiger partial charge in [0, 0.05) is 64.2 Å². The van der Waals surface area contributed by atoms with Gasteiger partial charge in [0.1, 0.15) is 0 Å². The van der Waals surface area contributed by atoms with Gasteiger partial charge in [-0.3, -0.25) is 14.3 Å². The van der Waals surface area contributed by atoms with E-state index in [-0.39, 0.29) is 17.2 Å². The predicted octanol–water partition coefficient (Wildman–Crippen LogP) is 1.15. The van der Waals surface area contributed by atoms with E-state index in [1.807, 2.05) is 43.3 Å². The summed E-state index contributed by atoms with van der Waals surface area (Å²) in [6, 6.07) is 0. The molecule has 2 fully saturated rings. The van der Waals surface area contributed by atoms with Crippen LogP contribution in [-0.4, -0.2) is 83.1 Å². The molecule has 27 heavy (non-hydrogen) atoms. The van der Waals surface area contributed by atoms with E-state index in [1.54, 1.807) is 4.68 Å². The average molecular weight is 376 g/mol. The Morgan fingerprint density at radius 1 is 1.30 bits per heavy atom. The van der Waals surface area contributed by atoms with Crippen molar-refractivity contribution in [3.05, 3.63) is 18.0 Å². The number of piperidine rings is 2. The van der Waals surface area contributed by atoms with Gasteiger partial charge in [-0.25, -0.2) is 0 Å². The maximum Gasteiger partial charge on any atom is 0.222 e. The Morgan fingerprint density at radius 2 is 2.11 bits per heavy atom. The third-order valence-corrected chi connectivity index (χ3v) is 5.97. The van der Waals surface area contributed by atoms with E-state index >= 15 is 0 Å². The largest absolute Gasteiger partial charge is 0.342 e. The Hall–Kier alpha value is -1.89. The molecule has 0 radical (unpaired) electrons. The van der Waals surface area contributed by atoms with Gasteiger partial charge in [0.15, 0.2) is 0 Å². The van der Waals surface area contributed by atoms with Gasteiger partial charge < -0.3 is 14.7 Å². The number of aryl methyl sites for hydroxylation is 2. The van der Waals surface area contributed by atoms with Crippen LogP contribution >= 0.6 is 0 Å². The van der Waals surface area contributed by atoms with Gasteiger partial charge in [-0.2, -0.15) is 5.10 Å². The fourth-order valence-corrected chi connectivity index (χ4v) is 4.39. The number of rotatable bonds is 6. The Morgan fingerprint density at radius 3 is 2.81 bits per heavy atom. The molecule has 1 aromatic heterocycles. The molecule has 1 aromatic rings. The lowest BCUT2D eigenvalue weighted by Crippen LogP contribution is -2.55. The highest BCUT2D eigenvalue weighted by molar-refractivity contribution is 5.78. The van der Waals surface area contributed by atoms with E-state index in [4.69, 9.17) is 0 Å². The van der Waals surface area contributed by atoms with E-state index in [0.29, 0.717) is 12.8 Å². The molecule has 0 bridgehead atoms. The maximum absolute atomic E-state index is 12.8. The van der Waals surface area contributed by atoms with Crippen LogP contribution in [0.1, 0.15) is 37.7 Å². The molecular formula is C20H33N5O2. The summed E-state index contributed by atoms with van der Waals surface area (Å²) in [6.07, 6.45) is 8.76. The van der Waals surface area contributed by atoms with Crippen molar-refractivity contribution >= 4 is 11.8 Å². The molecule has 0 N–H and O–H groups in total. The number of likely N-dealkylation sites (N-methyl/N-ethyl adjacent to an activating group) is 1. The van der Waals surface area contributed by atoms with Crippen molar-refractivity contribution < 1.29 is 9.59 Å². The number of aromatic nitrogens is 2. The summed E-state index contributed by atoms with van der Waals surface area (Å²) in [6.45, 7) is 4.11. The minimum Gasteiger partial charge on any atom is -0.342 e. The Balaban J connectivity index is 1.57. The zero-order valence-electron chi connectivity index (χ0n) is 17.0. The highest BCUT2D eigenvalue weighted by Gasteiger charge is 2.42. The second kappa shape index (κ2) is 8.42. The molecule has 0 unspecified atom stereocenters. The van der Waals surface area contributed by atoms with Gasteiger partial charge in [0.2, 0.25) is 11.8 Å². The van der Waals surface area contributed by atoms with Gasteiger partial charge in [0.25, 0.3) is 0 Å². The van der Waals surface area contributed by atoms with Gasteiger partial charge in [-0.15, -0.1) is 0 Å². The predicted molar refractivity (Wildman–Crippen MR) is 104 cm³/mol. The third kappa shape index (κ3) is 5.09. The first-order valence-corrected chi connectivity index (χ1v) is 10.0. The topological polar surface area (TPSA) is 61.7 Å². The Bertz CT molecular complexity index is 671. The monoisotopic (exact) mass is 375 g/mol. The molecule has 7 heteroatoms. The highest BCUT2D eigenvalue weighted by atomic mass is 16.2. The minimum absolute atomic E-state index is 0.0857. The van der Waals surface area contributed by atoms with Crippen LogP contribution < -0.4 is 0 Å². The fourth-order valence-electron chi connectivity index (χ4n) is 4.39. The third-order valence-electron chi connectivity index (χ3n) is 5.97. The Labute approximate surface area is 162 Å². The van der Waals surface area contributed by atoms with Crippen molar-refractivity contribution in [1.29, 1.82) is 0 Å². The van der Waals surface area contributed by atoms with E-state index in [2.05, 4.69) is 10.00 Å². The normalized spacial score (nSPS) is 23.5. The van der Waals surface area contributed by atoms with E-state index in [1.165, 1.54) is 0 Å². The number of likely N-dealkylation sites (tertiary alicyclic amines) is 2. The lowest BCUT2D eigenvalue weighted by Gasteiger charge is -2.48. The van der Waals surface area contributed by atoms with Crippen molar-refractivity contribution in [3.8, 4) is 0 Å². The lowest BCUT2D eigenvalue weighted by molar-refractivity contribution is -0.143. The average Bonchev–Trinajstić information content (AvgIpc) is 3.06. The van der Waals surface area contributed by atoms with Crippen LogP contribution in [-0.2, 0) is 23.1 Å². The quantitative estimate of drug-likeness (QED) is 0.748. The number of carbonyl (C=O) groups is 2. The summed E-state index contributed by atoms with van der Waals surface area (Å²) in [5.41, 5.74) is 1.19. The second-order valence-corrected chi connectivity index (χ2v) is 8.56. The molecular weight excluding hydrogens is 342 g/mol. The molecule has 3 rings (SSSR count). The smallest absolute Gasteiger partial charge is 0.222 e. The number of amides is 2. The first-order valence-electron chi connectivity index (χ1n) is 10.0. The second-order valence-electron chi connectivity index (χ2n) is 8.56. The molecule has 3 heterocycles. The van der Waals surface area contributed by atoms with Crippen molar-refractivity contribution in [2.24, 2.45) is 12.5 Å². The zero-order valence-corrected chi connectivity index (χ0v) is 17.0. The van der Waals surface area contributed by atoms with Crippen LogP contribution in [0.15, 0.2) is 12.4 Å². The summed E-state index contributed by atoms with van der Waals surface area (Å²) in [4.78, 5) is 31.3. The molecule has 2 aliphatic heterocycles. The van der Waals surface area contributed by atoms with Crippen LogP contribution in [0.5, 0.6) is 0 Å². The zero-order chi connectivity index (χ0) is 19.4. The molecule has 2 saturated heterocycles. The SMILES string of the molecule is CN(C)CCN1C[C@]2(CCCN(C(=O)CCc3cnn(C)c3)C2)CCC1=O. The number of hydrogen-bond acceptors (Lipinski definition) is 4. The molecule has 0 aromatic carbocycles. The van der Waals surface area contributed by atoms with Crippen LogP contribution in [0.3, 0.4) is 0 Å². The maximum atomic E-state index is 12.8. The van der Waals surface area contributed by atoms with Gasteiger partial charge in [-0.1, -0.05) is 0 Å². The number of nitrogens with zero attached hydrogens (tertiary/aromatic N) is 5. The van der Waals surface area contributed by atoms with E-state index in [9.17, 15) is 9.59 Å². The first kappa shape index (κ1) is 19.9. The molecule has 1 atom stereocenters. The van der Waals surface area contributed by atoms with Gasteiger partial charge in [-0.05, 0) is 45.3 Å². The summed E-state index contributed by atoms with van der Waals surface area (Å²) in [5.74, 6) is 0.497.